The van der Waals surface area contributed by atoms with Crippen molar-refractivity contribution in [3.8, 4) is 16.9 Å². The number of carbonyl (C=O) groups excluding carboxylic acids is 3. The Morgan fingerprint density at radius 3 is 1.19 bits per heavy atom. The molecule has 2 atom stereocenters. The van der Waals surface area contributed by atoms with E-state index in [0.717, 1.165) is 49.7 Å². The Hall–Kier alpha value is -3.93. The van der Waals surface area contributed by atoms with Crippen LogP contribution >= 0.6 is 0 Å². The molecule has 0 spiro atoms. The molecule has 230 valence electrons. The van der Waals surface area contributed by atoms with E-state index in [9.17, 15) is 14.4 Å². The predicted molar refractivity (Wildman–Crippen MR) is 170 cm³/mol. The fourth-order valence-electron chi connectivity index (χ4n) is 5.20. The summed E-state index contributed by atoms with van der Waals surface area (Å²) in [5.74, 6) is 0.226. The number of carbonyl (C=O) groups is 3. The lowest BCUT2D eigenvalue weighted by molar-refractivity contribution is 0.0275. The molecular formula is C37H46O6. The van der Waals surface area contributed by atoms with E-state index in [2.05, 4.69) is 27.7 Å². The average Bonchev–Trinajstić information content (AvgIpc) is 3.02. The van der Waals surface area contributed by atoms with Crippen LogP contribution in [0.5, 0.6) is 5.75 Å². The third-order valence-electron chi connectivity index (χ3n) is 8.13. The molecule has 0 fully saturated rings. The average molecular weight is 587 g/mol. The van der Waals surface area contributed by atoms with Crippen LogP contribution in [0.25, 0.3) is 11.1 Å². The summed E-state index contributed by atoms with van der Waals surface area (Å²) in [6.07, 6.45) is 5.69. The Labute approximate surface area is 256 Å². The van der Waals surface area contributed by atoms with E-state index in [1.54, 1.807) is 48.5 Å². The summed E-state index contributed by atoms with van der Waals surface area (Å²) in [7, 11) is 0. The monoisotopic (exact) mass is 586 g/mol. The maximum atomic E-state index is 12.7. The van der Waals surface area contributed by atoms with Gasteiger partial charge in [-0.2, -0.15) is 0 Å². The zero-order chi connectivity index (χ0) is 31.4. The highest BCUT2D eigenvalue weighted by molar-refractivity contribution is 5.93. The molecule has 0 saturated heterocycles. The zero-order valence-electron chi connectivity index (χ0n) is 26.4. The van der Waals surface area contributed by atoms with Gasteiger partial charge in [0.2, 0.25) is 0 Å². The number of ether oxygens (including phenoxy) is 3. The molecule has 0 heterocycles. The summed E-state index contributed by atoms with van der Waals surface area (Å²) in [6.45, 7) is 12.5. The lowest BCUT2D eigenvalue weighted by Crippen LogP contribution is -2.18. The van der Waals surface area contributed by atoms with Gasteiger partial charge in [0.05, 0.1) is 28.9 Å². The minimum absolute atomic E-state index is 0.128. The molecule has 0 aliphatic heterocycles. The van der Waals surface area contributed by atoms with Crippen molar-refractivity contribution in [2.24, 2.45) is 11.8 Å². The second kappa shape index (κ2) is 16.6. The van der Waals surface area contributed by atoms with Gasteiger partial charge in [0, 0.05) is 0 Å². The van der Waals surface area contributed by atoms with Gasteiger partial charge in [-0.05, 0) is 98.2 Å². The fraction of sp³-hybridized carbons (Fsp3) is 0.432. The van der Waals surface area contributed by atoms with Crippen molar-refractivity contribution >= 4 is 17.9 Å². The minimum atomic E-state index is -0.499. The van der Waals surface area contributed by atoms with Crippen molar-refractivity contribution in [2.75, 3.05) is 0 Å². The zero-order valence-corrected chi connectivity index (χ0v) is 26.4. The molecule has 6 nitrogen and oxygen atoms in total. The summed E-state index contributed by atoms with van der Waals surface area (Å²) in [5, 5.41) is 0. The van der Waals surface area contributed by atoms with E-state index in [1.165, 1.54) is 0 Å². The van der Waals surface area contributed by atoms with Crippen molar-refractivity contribution in [2.45, 2.75) is 92.3 Å². The van der Waals surface area contributed by atoms with Crippen LogP contribution in [0.1, 0.15) is 111 Å². The van der Waals surface area contributed by atoms with Crippen LogP contribution in [-0.4, -0.2) is 30.1 Å². The lowest BCUT2D eigenvalue weighted by Gasteiger charge is -2.18. The fourth-order valence-corrected chi connectivity index (χ4v) is 5.20. The summed E-state index contributed by atoms with van der Waals surface area (Å²) in [4.78, 5) is 37.8. The van der Waals surface area contributed by atoms with E-state index in [1.807, 2.05) is 38.1 Å². The van der Waals surface area contributed by atoms with Crippen molar-refractivity contribution in [3.05, 3.63) is 89.5 Å². The molecule has 6 heteroatoms. The van der Waals surface area contributed by atoms with Crippen LogP contribution in [0.3, 0.4) is 0 Å². The van der Waals surface area contributed by atoms with Gasteiger partial charge in [0.15, 0.2) is 0 Å². The highest BCUT2D eigenvalue weighted by atomic mass is 16.5. The molecule has 0 unspecified atom stereocenters. The summed E-state index contributed by atoms with van der Waals surface area (Å²) in [5.41, 5.74) is 3.14. The molecule has 0 radical (unpaired) electrons. The highest BCUT2D eigenvalue weighted by Gasteiger charge is 2.18. The van der Waals surface area contributed by atoms with Crippen LogP contribution in [0.15, 0.2) is 72.8 Å². The smallest absolute Gasteiger partial charge is 0.343 e. The maximum Gasteiger partial charge on any atom is 0.343 e. The normalized spacial score (nSPS) is 12.6. The third kappa shape index (κ3) is 10.1. The molecule has 3 aromatic carbocycles. The van der Waals surface area contributed by atoms with E-state index in [0.29, 0.717) is 34.3 Å². The van der Waals surface area contributed by atoms with E-state index >= 15 is 0 Å². The number of hydrogen-bond donors (Lipinski definition) is 0. The maximum absolute atomic E-state index is 12.7. The van der Waals surface area contributed by atoms with Gasteiger partial charge in [-0.3, -0.25) is 0 Å². The quantitative estimate of drug-likeness (QED) is 0.130. The SMILES string of the molecule is CCC(CC)C[C@@H](C)OC(=O)c1ccc(OC(=O)c2ccc(-c3ccc(C(=O)O[C@H](C)CC(CC)CC)cc3)cc2)cc1. The van der Waals surface area contributed by atoms with Gasteiger partial charge in [-0.1, -0.05) is 77.6 Å². The Balaban J connectivity index is 1.54. The standard InChI is InChI=1S/C37H46O6/c1-7-27(8-2)23-25(5)41-35(38)31-15-11-29(12-16-31)30-13-17-32(18-14-30)37(40)43-34-21-19-33(20-22-34)36(39)42-26(6)24-28(9-3)10-4/h11-22,25-28H,7-10,23-24H2,1-6H3/t25-,26-/m1/s1. The molecule has 0 aromatic heterocycles. The van der Waals surface area contributed by atoms with Crippen molar-refractivity contribution < 1.29 is 28.6 Å². The third-order valence-corrected chi connectivity index (χ3v) is 8.13. The molecule has 0 aliphatic rings. The summed E-state index contributed by atoms with van der Waals surface area (Å²) >= 11 is 0. The van der Waals surface area contributed by atoms with Crippen LogP contribution < -0.4 is 4.74 Å². The summed E-state index contributed by atoms with van der Waals surface area (Å²) in [6, 6.07) is 20.7. The van der Waals surface area contributed by atoms with Crippen LogP contribution in [0.2, 0.25) is 0 Å². The van der Waals surface area contributed by atoms with E-state index in [4.69, 9.17) is 14.2 Å². The summed E-state index contributed by atoms with van der Waals surface area (Å²) < 4.78 is 16.8. The lowest BCUT2D eigenvalue weighted by atomic mass is 9.97. The molecule has 43 heavy (non-hydrogen) atoms. The number of esters is 3. The Morgan fingerprint density at radius 1 is 0.512 bits per heavy atom. The number of rotatable bonds is 15. The van der Waals surface area contributed by atoms with E-state index in [-0.39, 0.29) is 24.1 Å². The van der Waals surface area contributed by atoms with Crippen molar-refractivity contribution in [1.29, 1.82) is 0 Å². The highest BCUT2D eigenvalue weighted by Crippen LogP contribution is 2.23. The molecule has 0 amide bonds. The van der Waals surface area contributed by atoms with Crippen LogP contribution in [0, 0.1) is 11.8 Å². The first-order valence-corrected chi connectivity index (χ1v) is 15.6. The molecule has 0 N–H and O–H groups in total. The van der Waals surface area contributed by atoms with Gasteiger partial charge in [0.1, 0.15) is 5.75 Å². The Morgan fingerprint density at radius 2 is 0.837 bits per heavy atom. The van der Waals surface area contributed by atoms with Gasteiger partial charge in [-0.15, -0.1) is 0 Å². The Bertz CT molecular complexity index is 1300. The second-order valence-electron chi connectivity index (χ2n) is 11.3. The van der Waals surface area contributed by atoms with Gasteiger partial charge in [-0.25, -0.2) is 14.4 Å². The van der Waals surface area contributed by atoms with Gasteiger partial charge < -0.3 is 14.2 Å². The largest absolute Gasteiger partial charge is 0.459 e. The van der Waals surface area contributed by atoms with Crippen molar-refractivity contribution in [1.82, 2.24) is 0 Å². The van der Waals surface area contributed by atoms with Crippen molar-refractivity contribution in [3.63, 3.8) is 0 Å². The molecule has 0 aliphatic carbocycles. The predicted octanol–water partition coefficient (Wildman–Crippen LogP) is 9.32. The van der Waals surface area contributed by atoms with Crippen LogP contribution in [0.4, 0.5) is 0 Å². The number of benzene rings is 3. The molecule has 3 aromatic rings. The first-order chi connectivity index (χ1) is 20.7. The first-order valence-electron chi connectivity index (χ1n) is 15.6. The van der Waals surface area contributed by atoms with E-state index < -0.39 is 5.97 Å². The second-order valence-corrected chi connectivity index (χ2v) is 11.3. The minimum Gasteiger partial charge on any atom is -0.459 e. The number of hydrogen-bond acceptors (Lipinski definition) is 6. The topological polar surface area (TPSA) is 78.9 Å². The molecule has 3 rings (SSSR count). The van der Waals surface area contributed by atoms with Gasteiger partial charge in [0.25, 0.3) is 0 Å². The molecule has 0 bridgehead atoms. The van der Waals surface area contributed by atoms with Gasteiger partial charge >= 0.3 is 17.9 Å². The first kappa shape index (κ1) is 33.6. The Kier molecular flexibility index (Phi) is 13.0. The van der Waals surface area contributed by atoms with Crippen LogP contribution in [-0.2, 0) is 9.47 Å². The molecular weight excluding hydrogens is 540 g/mol. The molecule has 0 saturated carbocycles.